The van der Waals surface area contributed by atoms with Gasteiger partial charge in [0, 0.05) is 5.56 Å². The maximum Gasteiger partial charge on any atom is 0.271 e. The molecule has 0 heterocycles. The number of carbonyl (C=O) groups is 1. The first kappa shape index (κ1) is 22.6. The molecule has 0 bridgehead atoms. The van der Waals surface area contributed by atoms with E-state index in [0.717, 1.165) is 26.7 Å². The molecule has 0 fully saturated rings. The van der Waals surface area contributed by atoms with Gasteiger partial charge in [-0.25, -0.2) is 5.43 Å². The van der Waals surface area contributed by atoms with Gasteiger partial charge in [0.25, 0.3) is 5.91 Å². The van der Waals surface area contributed by atoms with Crippen molar-refractivity contribution in [2.75, 3.05) is 6.61 Å². The summed E-state index contributed by atoms with van der Waals surface area (Å²) < 4.78 is 7.62. The fourth-order valence-electron chi connectivity index (χ4n) is 2.67. The van der Waals surface area contributed by atoms with Gasteiger partial charge in [0.15, 0.2) is 0 Å². The Bertz CT molecular complexity index is 756. The van der Waals surface area contributed by atoms with E-state index < -0.39 is 0 Å². The molecule has 4 nitrogen and oxygen atoms in total. The summed E-state index contributed by atoms with van der Waals surface area (Å²) in [6.45, 7) is 2.92. The van der Waals surface area contributed by atoms with Crippen LogP contribution in [0.15, 0.2) is 56.5 Å². The summed E-state index contributed by atoms with van der Waals surface area (Å²) in [5.41, 5.74) is 3.95. The number of hydrogen-bond acceptors (Lipinski definition) is 3. The first-order chi connectivity index (χ1) is 13.6. The molecule has 2 rings (SSSR count). The third kappa shape index (κ3) is 7.76. The molecular weight excluding hydrogens is 484 g/mol. The van der Waals surface area contributed by atoms with E-state index in [-0.39, 0.29) is 5.91 Å². The summed E-state index contributed by atoms with van der Waals surface area (Å²) in [4.78, 5) is 12.0. The molecule has 0 unspecified atom stereocenters. The highest BCUT2D eigenvalue weighted by Gasteiger charge is 2.09. The van der Waals surface area contributed by atoms with Crippen molar-refractivity contribution in [3.63, 3.8) is 0 Å². The molecule has 0 aromatic heterocycles. The third-order valence-corrected chi connectivity index (χ3v) is 5.36. The average Bonchev–Trinajstić information content (AvgIpc) is 2.69. The summed E-state index contributed by atoms with van der Waals surface area (Å²) in [6.07, 6.45) is 9.00. The SMILES string of the molecule is CCCCCCCCOc1c(Br)cc(/C=N/NC(=O)c2ccccc2)cc1Br. The average molecular weight is 510 g/mol. The molecule has 6 heteroatoms. The molecule has 0 aliphatic heterocycles. The lowest BCUT2D eigenvalue weighted by Gasteiger charge is -2.11. The molecule has 2 aromatic rings. The van der Waals surface area contributed by atoms with E-state index >= 15 is 0 Å². The third-order valence-electron chi connectivity index (χ3n) is 4.18. The fraction of sp³-hybridized carbons (Fsp3) is 0.364. The van der Waals surface area contributed by atoms with Crippen LogP contribution in [0.1, 0.15) is 61.4 Å². The zero-order chi connectivity index (χ0) is 20.2. The van der Waals surface area contributed by atoms with E-state index in [1.54, 1.807) is 18.3 Å². The summed E-state index contributed by atoms with van der Waals surface area (Å²) in [5, 5.41) is 4.03. The maximum atomic E-state index is 12.0. The summed E-state index contributed by atoms with van der Waals surface area (Å²) in [7, 11) is 0. The van der Waals surface area contributed by atoms with Crippen molar-refractivity contribution in [1.29, 1.82) is 0 Å². The molecule has 0 radical (unpaired) electrons. The van der Waals surface area contributed by atoms with E-state index in [2.05, 4.69) is 49.3 Å². The zero-order valence-corrected chi connectivity index (χ0v) is 19.3. The monoisotopic (exact) mass is 508 g/mol. The Morgan fingerprint density at radius 1 is 1.04 bits per heavy atom. The number of benzene rings is 2. The van der Waals surface area contributed by atoms with Gasteiger partial charge in [0.05, 0.1) is 21.8 Å². The highest BCUT2D eigenvalue weighted by Crippen LogP contribution is 2.34. The van der Waals surface area contributed by atoms with E-state index in [1.807, 2.05) is 30.3 Å². The van der Waals surface area contributed by atoms with Crippen LogP contribution in [-0.4, -0.2) is 18.7 Å². The molecule has 0 aliphatic rings. The summed E-state index contributed by atoms with van der Waals surface area (Å²) in [5.74, 6) is 0.549. The number of ether oxygens (including phenoxy) is 1. The number of nitrogens with one attached hydrogen (secondary N) is 1. The normalized spacial score (nSPS) is 11.0. The van der Waals surface area contributed by atoms with Gasteiger partial charge in [0.1, 0.15) is 5.75 Å². The molecule has 0 atom stereocenters. The second kappa shape index (κ2) is 12.7. The van der Waals surface area contributed by atoms with Crippen LogP contribution in [0, 0.1) is 0 Å². The van der Waals surface area contributed by atoms with Gasteiger partial charge < -0.3 is 4.74 Å². The topological polar surface area (TPSA) is 50.7 Å². The Balaban J connectivity index is 1.84. The van der Waals surface area contributed by atoms with E-state index in [4.69, 9.17) is 4.74 Å². The van der Waals surface area contributed by atoms with Gasteiger partial charge in [0.2, 0.25) is 0 Å². The number of unbranched alkanes of at least 4 members (excludes halogenated alkanes) is 5. The predicted octanol–water partition coefficient (Wildman–Crippen LogP) is 6.71. The van der Waals surface area contributed by atoms with Gasteiger partial charge in [-0.2, -0.15) is 5.10 Å². The predicted molar refractivity (Wildman–Crippen MR) is 122 cm³/mol. The van der Waals surface area contributed by atoms with E-state index in [1.165, 1.54) is 32.1 Å². The van der Waals surface area contributed by atoms with Crippen LogP contribution >= 0.6 is 31.9 Å². The number of hydrazone groups is 1. The molecule has 0 aliphatic carbocycles. The fourth-order valence-corrected chi connectivity index (χ4v) is 4.12. The van der Waals surface area contributed by atoms with E-state index in [9.17, 15) is 4.79 Å². The smallest absolute Gasteiger partial charge is 0.271 e. The van der Waals surface area contributed by atoms with Gasteiger partial charge in [-0.3, -0.25) is 4.79 Å². The minimum absolute atomic E-state index is 0.242. The number of halogens is 2. The van der Waals surface area contributed by atoms with Crippen LogP contribution in [0.5, 0.6) is 5.75 Å². The molecule has 0 saturated heterocycles. The van der Waals surface area contributed by atoms with Crippen molar-refractivity contribution in [3.05, 3.63) is 62.5 Å². The van der Waals surface area contributed by atoms with Gasteiger partial charge in [-0.05, 0) is 68.1 Å². The van der Waals surface area contributed by atoms with E-state index in [0.29, 0.717) is 12.2 Å². The Labute approximate surface area is 184 Å². The number of nitrogens with zero attached hydrogens (tertiary/aromatic N) is 1. The molecule has 0 saturated carbocycles. The van der Waals surface area contributed by atoms with Crippen molar-refractivity contribution in [3.8, 4) is 5.75 Å². The van der Waals surface area contributed by atoms with Crippen LogP contribution in [0.2, 0.25) is 0 Å². The quantitative estimate of drug-likeness (QED) is 0.208. The Hall–Kier alpha value is -1.66. The zero-order valence-electron chi connectivity index (χ0n) is 16.1. The highest BCUT2D eigenvalue weighted by atomic mass is 79.9. The highest BCUT2D eigenvalue weighted by molar-refractivity contribution is 9.11. The lowest BCUT2D eigenvalue weighted by molar-refractivity contribution is 0.0955. The first-order valence-corrected chi connectivity index (χ1v) is 11.2. The van der Waals surface area contributed by atoms with Crippen LogP contribution in [0.25, 0.3) is 0 Å². The molecule has 1 N–H and O–H groups in total. The number of carbonyl (C=O) groups excluding carboxylic acids is 1. The van der Waals surface area contributed by atoms with Crippen LogP contribution < -0.4 is 10.2 Å². The Morgan fingerprint density at radius 2 is 1.68 bits per heavy atom. The largest absolute Gasteiger partial charge is 0.491 e. The van der Waals surface area contributed by atoms with Gasteiger partial charge in [-0.15, -0.1) is 0 Å². The molecule has 1 amide bonds. The van der Waals surface area contributed by atoms with Crippen molar-refractivity contribution < 1.29 is 9.53 Å². The van der Waals surface area contributed by atoms with Crippen LogP contribution in [0.3, 0.4) is 0 Å². The second-order valence-electron chi connectivity index (χ2n) is 6.50. The van der Waals surface area contributed by atoms with Crippen molar-refractivity contribution in [2.45, 2.75) is 45.4 Å². The van der Waals surface area contributed by atoms with Gasteiger partial charge in [-0.1, -0.05) is 57.2 Å². The Kier molecular flexibility index (Phi) is 10.3. The standard InChI is InChI=1S/C22H26Br2N2O2/c1-2-3-4-5-6-10-13-28-21-19(23)14-17(15-20(21)24)16-25-26-22(27)18-11-8-7-9-12-18/h7-9,11-12,14-16H,2-6,10,13H2,1H3,(H,26,27)/b25-16+. The van der Waals surface area contributed by atoms with Crippen molar-refractivity contribution in [1.82, 2.24) is 5.43 Å². The lowest BCUT2D eigenvalue weighted by Crippen LogP contribution is -2.17. The Morgan fingerprint density at radius 3 is 2.36 bits per heavy atom. The number of hydrogen-bond donors (Lipinski definition) is 1. The van der Waals surface area contributed by atoms with Gasteiger partial charge >= 0.3 is 0 Å². The lowest BCUT2D eigenvalue weighted by atomic mass is 10.1. The second-order valence-corrected chi connectivity index (χ2v) is 8.20. The molecule has 0 spiro atoms. The molecule has 2 aromatic carbocycles. The van der Waals surface area contributed by atoms with Crippen molar-refractivity contribution >= 4 is 44.0 Å². The summed E-state index contributed by atoms with van der Waals surface area (Å²) >= 11 is 7.11. The maximum absolute atomic E-state index is 12.0. The minimum Gasteiger partial charge on any atom is -0.491 e. The molecular formula is C22H26Br2N2O2. The number of amides is 1. The minimum atomic E-state index is -0.242. The molecule has 28 heavy (non-hydrogen) atoms. The first-order valence-electron chi connectivity index (χ1n) is 9.62. The molecule has 150 valence electrons. The van der Waals surface area contributed by atoms with Crippen LogP contribution in [-0.2, 0) is 0 Å². The summed E-state index contributed by atoms with van der Waals surface area (Å²) in [6, 6.07) is 12.8. The van der Waals surface area contributed by atoms with Crippen molar-refractivity contribution in [2.24, 2.45) is 5.10 Å². The van der Waals surface area contributed by atoms with Crippen LogP contribution in [0.4, 0.5) is 0 Å². The number of rotatable bonds is 11.